The molecule has 1 unspecified atom stereocenters. The van der Waals surface area contributed by atoms with E-state index >= 15 is 0 Å². The summed E-state index contributed by atoms with van der Waals surface area (Å²) in [6.07, 6.45) is 46.5. The Morgan fingerprint density at radius 2 is 0.933 bits per heavy atom. The van der Waals surface area contributed by atoms with E-state index in [-0.39, 0.29) is 12.6 Å². The van der Waals surface area contributed by atoms with Crippen LogP contribution in [0.3, 0.4) is 0 Å². The van der Waals surface area contributed by atoms with Gasteiger partial charge in [-0.2, -0.15) is 0 Å². The number of unbranched alkanes of at least 4 members (excludes halogenated alkanes) is 25. The van der Waals surface area contributed by atoms with Gasteiger partial charge in [0.25, 0.3) is 0 Å². The Hall–Kier alpha value is -1.13. The van der Waals surface area contributed by atoms with Gasteiger partial charge in [-0.1, -0.05) is 179 Å². The number of carbonyl (C=O) groups is 1. The molecule has 0 aliphatic heterocycles. The van der Waals surface area contributed by atoms with Crippen molar-refractivity contribution in [2.45, 2.75) is 213 Å². The van der Waals surface area contributed by atoms with Crippen LogP contribution in [0.4, 0.5) is 0 Å². The molecule has 0 amide bonds. The van der Waals surface area contributed by atoms with E-state index in [1.807, 2.05) is 0 Å². The van der Waals surface area contributed by atoms with Crippen molar-refractivity contribution >= 4 is 5.97 Å². The molecule has 4 nitrogen and oxygen atoms in total. The Morgan fingerprint density at radius 1 is 0.533 bits per heavy atom. The number of aliphatic hydroxyl groups excluding tert-OH is 1. The predicted molar refractivity (Wildman–Crippen MR) is 196 cm³/mol. The van der Waals surface area contributed by atoms with E-state index in [1.165, 1.54) is 161 Å². The summed E-state index contributed by atoms with van der Waals surface area (Å²) in [5.74, 6) is -0.203. The standard InChI is InChI=1S/C41H78O4/c1-3-5-7-9-11-13-15-17-19-20-21-22-23-24-26-28-30-32-34-36-41(43)45-40(38-42)39-44-37-35-33-31-29-27-25-18-16-14-12-10-8-6-4-2/h11,13,17,19,40,42H,3-10,12,14-16,18,20-39H2,1-2H3/b13-11-,19-17-. The number of rotatable bonds is 37. The first-order chi connectivity index (χ1) is 22.2. The Kier molecular flexibility index (Phi) is 38.1. The maximum atomic E-state index is 12.2. The lowest BCUT2D eigenvalue weighted by Crippen LogP contribution is -2.27. The Morgan fingerprint density at radius 3 is 1.42 bits per heavy atom. The van der Waals surface area contributed by atoms with Gasteiger partial charge in [-0.15, -0.1) is 0 Å². The molecule has 0 bridgehead atoms. The summed E-state index contributed by atoms with van der Waals surface area (Å²) < 4.78 is 11.1. The number of aliphatic hydroxyl groups is 1. The number of hydrogen-bond donors (Lipinski definition) is 1. The van der Waals surface area contributed by atoms with Crippen LogP contribution in [-0.4, -0.2) is 37.0 Å². The van der Waals surface area contributed by atoms with Crippen molar-refractivity contribution in [3.63, 3.8) is 0 Å². The van der Waals surface area contributed by atoms with Crippen LogP contribution in [0, 0.1) is 0 Å². The molecule has 0 saturated heterocycles. The van der Waals surface area contributed by atoms with E-state index in [9.17, 15) is 9.90 Å². The molecule has 1 atom stereocenters. The molecule has 0 aromatic rings. The van der Waals surface area contributed by atoms with Crippen molar-refractivity contribution in [3.05, 3.63) is 24.3 Å². The Balaban J connectivity index is 3.42. The zero-order chi connectivity index (χ0) is 32.7. The zero-order valence-electron chi connectivity index (χ0n) is 30.4. The second kappa shape index (κ2) is 39.1. The van der Waals surface area contributed by atoms with Crippen LogP contribution in [0.2, 0.25) is 0 Å². The minimum Gasteiger partial charge on any atom is -0.457 e. The van der Waals surface area contributed by atoms with E-state index in [0.29, 0.717) is 19.6 Å². The third kappa shape index (κ3) is 37.2. The first-order valence-electron chi connectivity index (χ1n) is 19.9. The number of carbonyl (C=O) groups excluding carboxylic acids is 1. The highest BCUT2D eigenvalue weighted by Gasteiger charge is 2.13. The molecule has 0 aromatic carbocycles. The zero-order valence-corrected chi connectivity index (χ0v) is 30.4. The third-order valence-corrected chi connectivity index (χ3v) is 8.78. The normalized spacial score (nSPS) is 12.5. The summed E-state index contributed by atoms with van der Waals surface area (Å²) in [5, 5.41) is 9.57. The minimum atomic E-state index is -0.531. The second-order valence-corrected chi connectivity index (χ2v) is 13.4. The number of ether oxygens (including phenoxy) is 2. The highest BCUT2D eigenvalue weighted by molar-refractivity contribution is 5.69. The molecule has 0 aliphatic rings. The van der Waals surface area contributed by atoms with Crippen molar-refractivity contribution in [3.8, 4) is 0 Å². The van der Waals surface area contributed by atoms with E-state index in [1.54, 1.807) is 0 Å². The van der Waals surface area contributed by atoms with Crippen molar-refractivity contribution in [1.29, 1.82) is 0 Å². The summed E-state index contributed by atoms with van der Waals surface area (Å²) in [6.45, 7) is 5.34. The Labute approximate surface area is 281 Å². The van der Waals surface area contributed by atoms with Gasteiger partial charge < -0.3 is 14.6 Å². The lowest BCUT2D eigenvalue weighted by molar-refractivity contribution is -0.154. The molecule has 0 saturated carbocycles. The average molecular weight is 635 g/mol. The highest BCUT2D eigenvalue weighted by Crippen LogP contribution is 2.14. The molecule has 4 heteroatoms. The monoisotopic (exact) mass is 635 g/mol. The van der Waals surface area contributed by atoms with Crippen LogP contribution in [0.15, 0.2) is 24.3 Å². The van der Waals surface area contributed by atoms with Gasteiger partial charge in [0.15, 0.2) is 0 Å². The van der Waals surface area contributed by atoms with Crippen LogP contribution in [0.25, 0.3) is 0 Å². The number of allylic oxidation sites excluding steroid dienone is 4. The van der Waals surface area contributed by atoms with Crippen LogP contribution in [0.5, 0.6) is 0 Å². The summed E-state index contributed by atoms with van der Waals surface area (Å²) in [5.41, 5.74) is 0. The molecule has 0 spiro atoms. The van der Waals surface area contributed by atoms with Gasteiger partial charge in [-0.3, -0.25) is 4.79 Å². The second-order valence-electron chi connectivity index (χ2n) is 13.4. The van der Waals surface area contributed by atoms with E-state index in [4.69, 9.17) is 9.47 Å². The fraction of sp³-hybridized carbons (Fsp3) is 0.878. The third-order valence-electron chi connectivity index (χ3n) is 8.78. The topological polar surface area (TPSA) is 55.8 Å². The smallest absolute Gasteiger partial charge is 0.306 e. The quantitative estimate of drug-likeness (QED) is 0.0420. The molecule has 45 heavy (non-hydrogen) atoms. The Bertz CT molecular complexity index is 629. The lowest BCUT2D eigenvalue weighted by Gasteiger charge is -2.16. The largest absolute Gasteiger partial charge is 0.457 e. The summed E-state index contributed by atoms with van der Waals surface area (Å²) in [4.78, 5) is 12.2. The van der Waals surface area contributed by atoms with Gasteiger partial charge in [-0.25, -0.2) is 0 Å². The van der Waals surface area contributed by atoms with E-state index < -0.39 is 6.10 Å². The predicted octanol–water partition coefficient (Wildman–Crippen LogP) is 12.8. The van der Waals surface area contributed by atoms with Crippen molar-refractivity contribution in [1.82, 2.24) is 0 Å². The highest BCUT2D eigenvalue weighted by atomic mass is 16.6. The molecule has 0 fully saturated rings. The maximum absolute atomic E-state index is 12.2. The van der Waals surface area contributed by atoms with Crippen molar-refractivity contribution < 1.29 is 19.4 Å². The van der Waals surface area contributed by atoms with Crippen molar-refractivity contribution in [2.75, 3.05) is 19.8 Å². The summed E-state index contributed by atoms with van der Waals surface area (Å²) in [7, 11) is 0. The molecule has 0 rings (SSSR count). The molecule has 0 aliphatic carbocycles. The molecule has 0 aromatic heterocycles. The fourth-order valence-corrected chi connectivity index (χ4v) is 5.77. The van der Waals surface area contributed by atoms with E-state index in [2.05, 4.69) is 38.2 Å². The molecule has 1 N–H and O–H groups in total. The van der Waals surface area contributed by atoms with Crippen LogP contribution in [0.1, 0.15) is 206 Å². The lowest BCUT2D eigenvalue weighted by atomic mass is 10.0. The summed E-state index contributed by atoms with van der Waals surface area (Å²) >= 11 is 0. The van der Waals surface area contributed by atoms with Gasteiger partial charge in [0.2, 0.25) is 0 Å². The first-order valence-corrected chi connectivity index (χ1v) is 19.9. The SMILES string of the molecule is CCCCC/C=C\C/C=C\CCCCCCCCCCCC(=O)OC(CO)COCCCCCCCCCCCCCCCC. The fourth-order valence-electron chi connectivity index (χ4n) is 5.77. The van der Waals surface area contributed by atoms with E-state index in [0.717, 1.165) is 25.7 Å². The molecular weight excluding hydrogens is 556 g/mol. The number of hydrogen-bond acceptors (Lipinski definition) is 4. The van der Waals surface area contributed by atoms with Gasteiger partial charge in [0.1, 0.15) is 6.10 Å². The molecule has 0 radical (unpaired) electrons. The minimum absolute atomic E-state index is 0.169. The van der Waals surface area contributed by atoms with Gasteiger partial charge in [0.05, 0.1) is 13.2 Å². The maximum Gasteiger partial charge on any atom is 0.306 e. The number of esters is 1. The molecular formula is C41H78O4. The van der Waals surface area contributed by atoms with Crippen LogP contribution in [-0.2, 0) is 14.3 Å². The van der Waals surface area contributed by atoms with Crippen LogP contribution >= 0.6 is 0 Å². The first kappa shape index (κ1) is 43.9. The van der Waals surface area contributed by atoms with Gasteiger partial charge >= 0.3 is 5.97 Å². The molecule has 266 valence electrons. The summed E-state index contributed by atoms with van der Waals surface area (Å²) in [6, 6.07) is 0. The average Bonchev–Trinajstić information content (AvgIpc) is 3.05. The van der Waals surface area contributed by atoms with Crippen LogP contribution < -0.4 is 0 Å². The van der Waals surface area contributed by atoms with Gasteiger partial charge in [-0.05, 0) is 44.9 Å². The van der Waals surface area contributed by atoms with Gasteiger partial charge in [0, 0.05) is 13.0 Å². The molecule has 0 heterocycles. The van der Waals surface area contributed by atoms with Crippen molar-refractivity contribution in [2.24, 2.45) is 0 Å².